The Morgan fingerprint density at radius 1 is 1.26 bits per heavy atom. The van der Waals surface area contributed by atoms with Gasteiger partial charge in [0.25, 0.3) is 5.56 Å². The lowest BCUT2D eigenvalue weighted by molar-refractivity contribution is -0.132. The molecule has 0 bridgehead atoms. The molecule has 27 heavy (non-hydrogen) atoms. The molecule has 1 aliphatic heterocycles. The van der Waals surface area contributed by atoms with E-state index in [0.29, 0.717) is 43.7 Å². The molecule has 0 radical (unpaired) electrons. The van der Waals surface area contributed by atoms with E-state index in [4.69, 9.17) is 4.74 Å². The molecule has 0 unspecified atom stereocenters. The fourth-order valence-electron chi connectivity index (χ4n) is 3.39. The Morgan fingerprint density at radius 3 is 2.74 bits per heavy atom. The van der Waals surface area contributed by atoms with Crippen LogP contribution < -0.4 is 10.3 Å². The number of fused-ring (bicyclic) bond motifs is 1. The number of aromatic amines is 1. The molecular formula is C21H27N3O3. The molecule has 0 saturated heterocycles. The quantitative estimate of drug-likeness (QED) is 0.762. The smallest absolute Gasteiger partial charge is 0.256 e. The van der Waals surface area contributed by atoms with E-state index in [2.05, 4.69) is 16.9 Å². The number of nitrogens with zero attached hydrogens (tertiary/aromatic N) is 2. The van der Waals surface area contributed by atoms with Crippen LogP contribution in [-0.4, -0.2) is 34.4 Å². The number of carbonyl (C=O) groups is 1. The van der Waals surface area contributed by atoms with E-state index in [-0.39, 0.29) is 11.5 Å². The second-order valence-corrected chi connectivity index (χ2v) is 6.99. The number of hydrogen-bond donors (Lipinski definition) is 1. The SMILES string of the molecule is CCCCCC(=O)N1CCc2nc(Cc3ccc(OC)cc3)[nH]c(=O)c2C1. The Balaban J connectivity index is 1.70. The second kappa shape index (κ2) is 8.84. The van der Waals surface area contributed by atoms with Crippen molar-refractivity contribution in [3.63, 3.8) is 0 Å². The predicted molar refractivity (Wildman–Crippen MR) is 104 cm³/mol. The van der Waals surface area contributed by atoms with Gasteiger partial charge in [0.15, 0.2) is 0 Å². The van der Waals surface area contributed by atoms with Gasteiger partial charge in [-0.3, -0.25) is 9.59 Å². The second-order valence-electron chi connectivity index (χ2n) is 6.99. The van der Waals surface area contributed by atoms with Gasteiger partial charge >= 0.3 is 0 Å². The lowest BCUT2D eigenvalue weighted by Gasteiger charge is -2.28. The molecule has 0 fully saturated rings. The number of methoxy groups -OCH3 is 1. The fourth-order valence-corrected chi connectivity index (χ4v) is 3.39. The number of amides is 1. The number of H-pyrrole nitrogens is 1. The van der Waals surface area contributed by atoms with Gasteiger partial charge in [0.05, 0.1) is 24.9 Å². The standard InChI is InChI=1S/C21H27N3O3/c1-3-4-5-6-20(25)24-12-11-18-17(14-24)21(26)23-19(22-18)13-15-7-9-16(27-2)10-8-15/h7-10H,3-6,11-14H2,1-2H3,(H,22,23,26). The molecule has 6 nitrogen and oxygen atoms in total. The molecule has 144 valence electrons. The van der Waals surface area contributed by atoms with E-state index in [1.165, 1.54) is 0 Å². The molecule has 1 aromatic carbocycles. The lowest BCUT2D eigenvalue weighted by atomic mass is 10.1. The summed E-state index contributed by atoms with van der Waals surface area (Å²) in [6.07, 6.45) is 4.82. The topological polar surface area (TPSA) is 75.3 Å². The van der Waals surface area contributed by atoms with Crippen LogP contribution in [0.5, 0.6) is 5.75 Å². The third kappa shape index (κ3) is 4.76. The van der Waals surface area contributed by atoms with Crippen molar-refractivity contribution in [2.75, 3.05) is 13.7 Å². The maximum atomic E-state index is 12.6. The maximum absolute atomic E-state index is 12.6. The minimum Gasteiger partial charge on any atom is -0.497 e. The summed E-state index contributed by atoms with van der Waals surface area (Å²) >= 11 is 0. The average molecular weight is 369 g/mol. The van der Waals surface area contributed by atoms with Crippen LogP contribution in [0.25, 0.3) is 0 Å². The molecule has 0 spiro atoms. The zero-order valence-corrected chi connectivity index (χ0v) is 16.1. The summed E-state index contributed by atoms with van der Waals surface area (Å²) in [7, 11) is 1.63. The highest BCUT2D eigenvalue weighted by Crippen LogP contribution is 2.17. The van der Waals surface area contributed by atoms with Crippen LogP contribution in [0.2, 0.25) is 0 Å². The molecular weight excluding hydrogens is 342 g/mol. The third-order valence-electron chi connectivity index (χ3n) is 5.00. The highest BCUT2D eigenvalue weighted by molar-refractivity contribution is 5.76. The van der Waals surface area contributed by atoms with E-state index in [0.717, 1.165) is 36.3 Å². The van der Waals surface area contributed by atoms with Gasteiger partial charge in [-0.2, -0.15) is 0 Å². The molecule has 1 aromatic heterocycles. The maximum Gasteiger partial charge on any atom is 0.256 e. The van der Waals surface area contributed by atoms with Gasteiger partial charge in [-0.05, 0) is 24.1 Å². The summed E-state index contributed by atoms with van der Waals surface area (Å²) in [5, 5.41) is 0. The van der Waals surface area contributed by atoms with Gasteiger partial charge in [-0.15, -0.1) is 0 Å². The zero-order chi connectivity index (χ0) is 19.2. The highest BCUT2D eigenvalue weighted by Gasteiger charge is 2.24. The van der Waals surface area contributed by atoms with Crippen molar-refractivity contribution in [1.29, 1.82) is 0 Å². The number of ether oxygens (including phenoxy) is 1. The van der Waals surface area contributed by atoms with E-state index in [1.54, 1.807) is 12.0 Å². The minimum absolute atomic E-state index is 0.130. The molecule has 0 saturated carbocycles. The van der Waals surface area contributed by atoms with Gasteiger partial charge in [0.1, 0.15) is 11.6 Å². The number of unbranched alkanes of at least 4 members (excludes halogenated alkanes) is 2. The van der Waals surface area contributed by atoms with Crippen LogP contribution in [0.1, 0.15) is 55.3 Å². The number of rotatable bonds is 7. The van der Waals surface area contributed by atoms with E-state index in [1.807, 2.05) is 24.3 Å². The first-order valence-corrected chi connectivity index (χ1v) is 9.62. The Labute approximate surface area is 159 Å². The molecule has 1 aliphatic rings. The summed E-state index contributed by atoms with van der Waals surface area (Å²) in [5.74, 6) is 1.59. The lowest BCUT2D eigenvalue weighted by Crippen LogP contribution is -2.39. The van der Waals surface area contributed by atoms with E-state index in [9.17, 15) is 9.59 Å². The predicted octanol–water partition coefficient (Wildman–Crippen LogP) is 2.83. The van der Waals surface area contributed by atoms with Crippen LogP contribution in [0.15, 0.2) is 29.1 Å². The van der Waals surface area contributed by atoms with Crippen LogP contribution >= 0.6 is 0 Å². The molecule has 3 rings (SSSR count). The summed E-state index contributed by atoms with van der Waals surface area (Å²) in [4.78, 5) is 34.2. The first kappa shape index (κ1) is 19.1. The molecule has 6 heteroatoms. The number of aromatic nitrogens is 2. The van der Waals surface area contributed by atoms with Gasteiger partial charge in [0.2, 0.25) is 5.91 Å². The van der Waals surface area contributed by atoms with Crippen molar-refractivity contribution in [3.8, 4) is 5.75 Å². The Kier molecular flexibility index (Phi) is 6.27. The molecule has 2 aromatic rings. The number of hydrogen-bond acceptors (Lipinski definition) is 4. The van der Waals surface area contributed by atoms with Gasteiger partial charge in [-0.1, -0.05) is 31.9 Å². The van der Waals surface area contributed by atoms with Gasteiger partial charge < -0.3 is 14.6 Å². The van der Waals surface area contributed by atoms with Crippen LogP contribution in [0, 0.1) is 0 Å². The Morgan fingerprint density at radius 2 is 2.04 bits per heavy atom. The Bertz CT molecular complexity index is 843. The van der Waals surface area contributed by atoms with Crippen molar-refractivity contribution in [3.05, 3.63) is 57.3 Å². The zero-order valence-electron chi connectivity index (χ0n) is 16.1. The summed E-state index contributed by atoms with van der Waals surface area (Å²) in [5.41, 5.74) is 2.38. The molecule has 0 atom stereocenters. The fraction of sp³-hybridized carbons (Fsp3) is 0.476. The normalized spacial score (nSPS) is 13.3. The van der Waals surface area contributed by atoms with E-state index < -0.39 is 0 Å². The monoisotopic (exact) mass is 369 g/mol. The molecule has 1 amide bonds. The largest absolute Gasteiger partial charge is 0.497 e. The summed E-state index contributed by atoms with van der Waals surface area (Å²) in [6, 6.07) is 7.73. The van der Waals surface area contributed by atoms with Crippen molar-refractivity contribution >= 4 is 5.91 Å². The third-order valence-corrected chi connectivity index (χ3v) is 5.00. The molecule has 1 N–H and O–H groups in total. The van der Waals surface area contributed by atoms with Crippen molar-refractivity contribution in [2.24, 2.45) is 0 Å². The highest BCUT2D eigenvalue weighted by atomic mass is 16.5. The average Bonchev–Trinajstić information content (AvgIpc) is 2.68. The van der Waals surface area contributed by atoms with Gasteiger partial charge in [0, 0.05) is 25.8 Å². The first-order chi connectivity index (χ1) is 13.1. The first-order valence-electron chi connectivity index (χ1n) is 9.62. The minimum atomic E-state index is -0.130. The Hall–Kier alpha value is -2.63. The molecule has 0 aliphatic carbocycles. The van der Waals surface area contributed by atoms with Crippen LogP contribution in [-0.2, 0) is 24.2 Å². The van der Waals surface area contributed by atoms with Crippen molar-refractivity contribution in [1.82, 2.24) is 14.9 Å². The van der Waals surface area contributed by atoms with Crippen molar-refractivity contribution < 1.29 is 9.53 Å². The van der Waals surface area contributed by atoms with Crippen LogP contribution in [0.4, 0.5) is 0 Å². The van der Waals surface area contributed by atoms with Gasteiger partial charge in [-0.25, -0.2) is 4.98 Å². The molecule has 2 heterocycles. The van der Waals surface area contributed by atoms with E-state index >= 15 is 0 Å². The number of nitrogens with one attached hydrogen (secondary N) is 1. The number of benzene rings is 1. The summed E-state index contributed by atoms with van der Waals surface area (Å²) in [6.45, 7) is 3.12. The summed E-state index contributed by atoms with van der Waals surface area (Å²) < 4.78 is 5.17. The van der Waals surface area contributed by atoms with Crippen molar-refractivity contribution in [2.45, 2.75) is 52.0 Å². The number of carbonyl (C=O) groups excluding carboxylic acids is 1. The van der Waals surface area contributed by atoms with Crippen LogP contribution in [0.3, 0.4) is 0 Å².